The minimum absolute atomic E-state index is 0.270. The summed E-state index contributed by atoms with van der Waals surface area (Å²) in [4.78, 5) is 2.57. The van der Waals surface area contributed by atoms with Crippen molar-refractivity contribution in [2.45, 2.75) is 50.9 Å². The number of rotatable bonds is 11. The molecule has 0 amide bonds. The molecule has 1 aliphatic heterocycles. The third kappa shape index (κ3) is 5.28. The largest absolute Gasteiger partial charge is 0.497 e. The maximum Gasteiger partial charge on any atom is 0.121 e. The second-order valence-corrected chi connectivity index (χ2v) is 8.11. The van der Waals surface area contributed by atoms with Gasteiger partial charge in [-0.05, 0) is 37.8 Å². The monoisotopic (exact) mass is 402 g/mol. The van der Waals surface area contributed by atoms with Crippen molar-refractivity contribution in [2.75, 3.05) is 47.1 Å². The van der Waals surface area contributed by atoms with E-state index in [0.29, 0.717) is 6.04 Å². The minimum Gasteiger partial charge on any atom is -0.497 e. The number of ether oxygens (including phenoxy) is 3. The van der Waals surface area contributed by atoms with Gasteiger partial charge in [0.15, 0.2) is 0 Å². The second-order valence-electron chi connectivity index (χ2n) is 8.11. The van der Waals surface area contributed by atoms with Gasteiger partial charge < -0.3 is 19.5 Å². The number of benzene rings is 1. The highest BCUT2D eigenvalue weighted by Crippen LogP contribution is 2.31. The Hall–Kier alpha value is -1.67. The van der Waals surface area contributed by atoms with Gasteiger partial charge in [-0.1, -0.05) is 0 Å². The molecule has 1 aromatic carbocycles. The Morgan fingerprint density at radius 1 is 1.28 bits per heavy atom. The molecule has 1 aromatic heterocycles. The average Bonchev–Trinajstić information content (AvgIpc) is 3.55. The number of fused-ring (bicyclic) bond motifs is 1. The maximum absolute atomic E-state index is 5.96. The van der Waals surface area contributed by atoms with Crippen LogP contribution >= 0.6 is 0 Å². The second kappa shape index (κ2) is 9.89. The molecular formula is C22H34N4O3. The van der Waals surface area contributed by atoms with E-state index in [0.717, 1.165) is 75.7 Å². The molecule has 7 heteroatoms. The highest BCUT2D eigenvalue weighted by atomic mass is 16.5. The topological polar surface area (TPSA) is 60.8 Å². The van der Waals surface area contributed by atoms with Crippen LogP contribution in [-0.4, -0.2) is 73.9 Å². The Labute approximate surface area is 173 Å². The molecule has 2 aliphatic rings. The summed E-state index contributed by atoms with van der Waals surface area (Å²) in [5.74, 6) is 0.878. The Morgan fingerprint density at radius 2 is 2.17 bits per heavy atom. The molecule has 1 N–H and O–H groups in total. The van der Waals surface area contributed by atoms with Crippen LogP contribution in [-0.2, 0) is 22.6 Å². The molecule has 1 saturated carbocycles. The lowest BCUT2D eigenvalue weighted by molar-refractivity contribution is 0.00202. The molecule has 2 fully saturated rings. The van der Waals surface area contributed by atoms with Crippen LogP contribution in [0.3, 0.4) is 0 Å². The molecule has 29 heavy (non-hydrogen) atoms. The number of morpholine rings is 1. The fourth-order valence-electron chi connectivity index (χ4n) is 4.12. The number of hydrogen-bond donors (Lipinski definition) is 1. The first-order valence-electron chi connectivity index (χ1n) is 10.9. The molecule has 1 saturated heterocycles. The van der Waals surface area contributed by atoms with E-state index in [-0.39, 0.29) is 6.10 Å². The van der Waals surface area contributed by atoms with E-state index < -0.39 is 0 Å². The molecule has 0 radical (unpaired) electrons. The van der Waals surface area contributed by atoms with Crippen LogP contribution in [0.1, 0.15) is 31.4 Å². The molecule has 1 aliphatic carbocycles. The van der Waals surface area contributed by atoms with Crippen LogP contribution in [0.4, 0.5) is 0 Å². The Morgan fingerprint density at radius 3 is 2.90 bits per heavy atom. The smallest absolute Gasteiger partial charge is 0.121 e. The molecule has 2 heterocycles. The zero-order chi connectivity index (χ0) is 20.1. The van der Waals surface area contributed by atoms with Gasteiger partial charge in [0.25, 0.3) is 0 Å². The number of hydrogen-bond acceptors (Lipinski definition) is 6. The van der Waals surface area contributed by atoms with E-state index in [4.69, 9.17) is 19.3 Å². The number of aromatic nitrogens is 2. The van der Waals surface area contributed by atoms with Crippen molar-refractivity contribution in [3.05, 3.63) is 23.9 Å². The van der Waals surface area contributed by atoms with Crippen molar-refractivity contribution < 1.29 is 14.2 Å². The van der Waals surface area contributed by atoms with Crippen LogP contribution in [0.5, 0.6) is 5.75 Å². The Bertz CT molecular complexity index is 784. The summed E-state index contributed by atoms with van der Waals surface area (Å²) in [7, 11) is 3.47. The van der Waals surface area contributed by atoms with Gasteiger partial charge in [0.2, 0.25) is 0 Å². The molecule has 0 spiro atoms. The van der Waals surface area contributed by atoms with Crippen LogP contribution in [0.15, 0.2) is 18.2 Å². The van der Waals surface area contributed by atoms with Gasteiger partial charge in [-0.15, -0.1) is 0 Å². The number of aryl methyl sites for hydroxylation is 1. The fraction of sp³-hybridized carbons (Fsp3) is 0.682. The van der Waals surface area contributed by atoms with Crippen LogP contribution in [0.2, 0.25) is 0 Å². The summed E-state index contributed by atoms with van der Waals surface area (Å²) in [6.07, 6.45) is 4.92. The maximum atomic E-state index is 5.96. The molecule has 4 rings (SSSR count). The van der Waals surface area contributed by atoms with Crippen molar-refractivity contribution in [2.24, 2.45) is 0 Å². The fourth-order valence-corrected chi connectivity index (χ4v) is 4.12. The molecule has 7 nitrogen and oxygen atoms in total. The minimum atomic E-state index is 0.270. The first-order valence-corrected chi connectivity index (χ1v) is 10.9. The lowest BCUT2D eigenvalue weighted by atomic mass is 10.1. The lowest BCUT2D eigenvalue weighted by Crippen LogP contribution is -2.45. The third-order valence-corrected chi connectivity index (χ3v) is 5.86. The average molecular weight is 403 g/mol. The Balaban J connectivity index is 1.53. The number of nitrogens with zero attached hydrogens (tertiary/aromatic N) is 3. The van der Waals surface area contributed by atoms with Crippen molar-refractivity contribution in [1.82, 2.24) is 20.0 Å². The summed E-state index contributed by atoms with van der Waals surface area (Å²) >= 11 is 0. The van der Waals surface area contributed by atoms with E-state index in [1.165, 1.54) is 18.2 Å². The van der Waals surface area contributed by atoms with Crippen LogP contribution in [0.25, 0.3) is 10.9 Å². The Kier molecular flexibility index (Phi) is 7.02. The van der Waals surface area contributed by atoms with Crippen molar-refractivity contribution in [1.29, 1.82) is 0 Å². The van der Waals surface area contributed by atoms with Gasteiger partial charge in [0.1, 0.15) is 5.75 Å². The number of nitrogens with one attached hydrogen (secondary N) is 1. The number of methoxy groups -OCH3 is 2. The SMILES string of the molecule is COCCCCn1nc(CN(C[C@H]2CNCCO2)C2CC2)c2ccc(OC)cc21. The standard InChI is InChI=1S/C22H34N4O3/c1-27-11-4-3-10-26-22-13-18(28-2)7-8-20(22)21(24-26)16-25(17-5-6-17)15-19-14-23-9-12-29-19/h7-8,13,17,19,23H,3-6,9-12,14-16H2,1-2H3/t19-/m1/s1. The number of unbranched alkanes of at least 4 members (excludes halogenated alkanes) is 1. The van der Waals surface area contributed by atoms with E-state index in [9.17, 15) is 0 Å². The molecular weight excluding hydrogens is 368 g/mol. The van der Waals surface area contributed by atoms with Crippen LogP contribution < -0.4 is 10.1 Å². The molecule has 1 atom stereocenters. The summed E-state index contributed by atoms with van der Waals surface area (Å²) in [6, 6.07) is 6.97. The highest BCUT2D eigenvalue weighted by Gasteiger charge is 2.32. The van der Waals surface area contributed by atoms with Gasteiger partial charge >= 0.3 is 0 Å². The first-order chi connectivity index (χ1) is 14.3. The summed E-state index contributed by atoms with van der Waals surface area (Å²) in [5, 5.41) is 9.70. The van der Waals surface area contributed by atoms with E-state index in [1.54, 1.807) is 14.2 Å². The van der Waals surface area contributed by atoms with Gasteiger partial charge in [-0.25, -0.2) is 0 Å². The van der Waals surface area contributed by atoms with Gasteiger partial charge in [-0.2, -0.15) is 5.10 Å². The predicted octanol–water partition coefficient (Wildman–Crippen LogP) is 2.42. The molecule has 0 unspecified atom stereocenters. The zero-order valence-electron chi connectivity index (χ0n) is 17.7. The van der Waals surface area contributed by atoms with Crippen molar-refractivity contribution in [3.63, 3.8) is 0 Å². The van der Waals surface area contributed by atoms with E-state index in [1.807, 2.05) is 6.07 Å². The third-order valence-electron chi connectivity index (χ3n) is 5.86. The normalized spacial score (nSPS) is 19.9. The van der Waals surface area contributed by atoms with Crippen molar-refractivity contribution >= 4 is 10.9 Å². The first kappa shape index (κ1) is 20.6. The lowest BCUT2D eigenvalue weighted by Gasteiger charge is -2.30. The van der Waals surface area contributed by atoms with Gasteiger partial charge in [0, 0.05) is 63.9 Å². The molecule has 2 aromatic rings. The quantitative estimate of drug-likeness (QED) is 0.583. The molecule has 160 valence electrons. The van der Waals surface area contributed by atoms with Gasteiger partial charge in [0.05, 0.1) is 31.0 Å². The summed E-state index contributed by atoms with van der Waals surface area (Å²) < 4.78 is 18.8. The molecule has 0 bridgehead atoms. The van der Waals surface area contributed by atoms with Crippen LogP contribution in [0, 0.1) is 0 Å². The van der Waals surface area contributed by atoms with E-state index in [2.05, 4.69) is 27.0 Å². The van der Waals surface area contributed by atoms with Crippen molar-refractivity contribution in [3.8, 4) is 5.75 Å². The van der Waals surface area contributed by atoms with E-state index >= 15 is 0 Å². The summed E-state index contributed by atoms with van der Waals surface area (Å²) in [5.41, 5.74) is 2.31. The highest BCUT2D eigenvalue weighted by molar-refractivity contribution is 5.83. The zero-order valence-corrected chi connectivity index (χ0v) is 17.7. The van der Waals surface area contributed by atoms with Gasteiger partial charge in [-0.3, -0.25) is 9.58 Å². The summed E-state index contributed by atoms with van der Waals surface area (Å²) in [6.45, 7) is 6.23. The predicted molar refractivity (Wildman–Crippen MR) is 113 cm³/mol.